The molecule has 0 spiro atoms. The first-order valence-corrected chi connectivity index (χ1v) is 9.12. The van der Waals surface area contributed by atoms with Crippen molar-refractivity contribution < 1.29 is 9.59 Å². The number of nitrogens with one attached hydrogen (secondary N) is 1. The summed E-state index contributed by atoms with van der Waals surface area (Å²) in [5.41, 5.74) is 0.838. The van der Waals surface area contributed by atoms with E-state index in [4.69, 9.17) is 0 Å². The van der Waals surface area contributed by atoms with Crippen molar-refractivity contribution >= 4 is 11.8 Å². The highest BCUT2D eigenvalue weighted by Crippen LogP contribution is 2.29. The van der Waals surface area contributed by atoms with Gasteiger partial charge in [-0.25, -0.2) is 0 Å². The molecule has 0 bridgehead atoms. The Balaban J connectivity index is 1.36. The summed E-state index contributed by atoms with van der Waals surface area (Å²) >= 11 is 0. The summed E-state index contributed by atoms with van der Waals surface area (Å²) in [5.74, 6) is 0.262. The van der Waals surface area contributed by atoms with Gasteiger partial charge in [0.15, 0.2) is 5.82 Å². The van der Waals surface area contributed by atoms with Crippen LogP contribution >= 0.6 is 0 Å². The minimum absolute atomic E-state index is 0.103. The third-order valence-corrected chi connectivity index (χ3v) is 5.25. The Kier molecular flexibility index (Phi) is 4.64. The molecular weight excluding hydrogens is 332 g/mol. The van der Waals surface area contributed by atoms with Crippen molar-refractivity contribution in [1.82, 2.24) is 30.4 Å². The Bertz CT molecular complexity index is 784. The van der Waals surface area contributed by atoms with E-state index in [1.807, 2.05) is 35.2 Å². The number of carbonyl (C=O) groups is 2. The molecule has 1 aliphatic carbocycles. The Morgan fingerprint density at radius 1 is 1.19 bits per heavy atom. The van der Waals surface area contributed by atoms with Crippen molar-refractivity contribution in [1.29, 1.82) is 0 Å². The van der Waals surface area contributed by atoms with Crippen LogP contribution in [-0.4, -0.2) is 49.5 Å². The van der Waals surface area contributed by atoms with E-state index in [-0.39, 0.29) is 24.3 Å². The van der Waals surface area contributed by atoms with Crippen LogP contribution in [0, 0.1) is 5.92 Å². The highest BCUT2D eigenvalue weighted by atomic mass is 16.2. The molecule has 2 aromatic rings. The molecule has 1 atom stereocenters. The van der Waals surface area contributed by atoms with E-state index in [0.717, 1.165) is 18.5 Å². The first kappa shape index (κ1) is 16.7. The molecule has 1 aromatic heterocycles. The number of carbonyl (C=O) groups excluding carboxylic acids is 2. The second-order valence-electron chi connectivity index (χ2n) is 6.95. The summed E-state index contributed by atoms with van der Waals surface area (Å²) in [5, 5.41) is 14.6. The van der Waals surface area contributed by atoms with Gasteiger partial charge in [-0.3, -0.25) is 9.59 Å². The molecule has 8 nitrogen and oxygen atoms in total. The third-order valence-electron chi connectivity index (χ3n) is 5.25. The van der Waals surface area contributed by atoms with E-state index in [2.05, 4.69) is 20.8 Å². The van der Waals surface area contributed by atoms with Crippen LogP contribution in [0.5, 0.6) is 0 Å². The fraction of sp³-hybridized carbons (Fsp3) is 0.500. The predicted molar refractivity (Wildman–Crippen MR) is 93.1 cm³/mol. The number of benzene rings is 1. The summed E-state index contributed by atoms with van der Waals surface area (Å²) < 4.78 is 1.60. The molecule has 1 aliphatic heterocycles. The standard InChI is InChI=1S/C18H22N6O2/c25-17-10-13(12-23(17)14-6-4-5-7-14)18(26)19-11-16-20-21-22-24(16)15-8-2-1-3-9-15/h1-3,8-9,13-14H,4-7,10-12H2,(H,19,26). The first-order chi connectivity index (χ1) is 12.7. The van der Waals surface area contributed by atoms with E-state index in [1.165, 1.54) is 12.8 Å². The number of likely N-dealkylation sites (tertiary alicyclic amines) is 1. The molecule has 2 aliphatic rings. The number of hydrogen-bond donors (Lipinski definition) is 1. The number of nitrogens with zero attached hydrogens (tertiary/aromatic N) is 5. The average molecular weight is 354 g/mol. The van der Waals surface area contributed by atoms with Crippen molar-refractivity contribution in [3.63, 3.8) is 0 Å². The molecule has 0 radical (unpaired) electrons. The van der Waals surface area contributed by atoms with E-state index in [9.17, 15) is 9.59 Å². The zero-order chi connectivity index (χ0) is 17.9. The fourth-order valence-electron chi connectivity index (χ4n) is 3.87. The van der Waals surface area contributed by atoms with Crippen molar-refractivity contribution in [3.8, 4) is 5.69 Å². The highest BCUT2D eigenvalue weighted by molar-refractivity contribution is 5.89. The summed E-state index contributed by atoms with van der Waals surface area (Å²) in [4.78, 5) is 26.7. The lowest BCUT2D eigenvalue weighted by Gasteiger charge is -2.23. The van der Waals surface area contributed by atoms with Gasteiger partial charge in [0.05, 0.1) is 18.2 Å². The zero-order valence-electron chi connectivity index (χ0n) is 14.5. The molecule has 26 heavy (non-hydrogen) atoms. The van der Waals surface area contributed by atoms with Crippen molar-refractivity contribution in [3.05, 3.63) is 36.2 Å². The summed E-state index contributed by atoms with van der Waals surface area (Å²) in [6.45, 7) is 0.758. The molecule has 2 fully saturated rings. The van der Waals surface area contributed by atoms with Crippen LogP contribution in [0.2, 0.25) is 0 Å². The normalized spacial score (nSPS) is 20.7. The average Bonchev–Trinajstić information content (AvgIpc) is 3.40. The molecular formula is C18H22N6O2. The second-order valence-corrected chi connectivity index (χ2v) is 6.95. The molecule has 1 N–H and O–H groups in total. The van der Waals surface area contributed by atoms with Gasteiger partial charge in [0.1, 0.15) is 0 Å². The van der Waals surface area contributed by atoms with Crippen molar-refractivity contribution in [2.24, 2.45) is 5.92 Å². The lowest BCUT2D eigenvalue weighted by molar-refractivity contribution is -0.130. The van der Waals surface area contributed by atoms with Gasteiger partial charge in [0.25, 0.3) is 0 Å². The fourth-order valence-corrected chi connectivity index (χ4v) is 3.87. The topological polar surface area (TPSA) is 93.0 Å². The molecule has 1 aromatic carbocycles. The molecule has 136 valence electrons. The highest BCUT2D eigenvalue weighted by Gasteiger charge is 2.38. The van der Waals surface area contributed by atoms with Crippen LogP contribution in [0.1, 0.15) is 37.9 Å². The van der Waals surface area contributed by atoms with Gasteiger partial charge in [0.2, 0.25) is 11.8 Å². The predicted octanol–water partition coefficient (Wildman–Crippen LogP) is 1.07. The van der Waals surface area contributed by atoms with E-state index in [0.29, 0.717) is 24.8 Å². The Morgan fingerprint density at radius 2 is 1.96 bits per heavy atom. The van der Waals surface area contributed by atoms with Gasteiger partial charge in [-0.05, 0) is 35.4 Å². The molecule has 8 heteroatoms. The lowest BCUT2D eigenvalue weighted by atomic mass is 10.1. The SMILES string of the molecule is O=C(NCc1nnnn1-c1ccccc1)C1CC(=O)N(C2CCCC2)C1. The number of hydrogen-bond acceptors (Lipinski definition) is 5. The maximum atomic E-state index is 12.5. The van der Waals surface area contributed by atoms with Crippen LogP contribution in [0.3, 0.4) is 0 Å². The van der Waals surface area contributed by atoms with E-state index >= 15 is 0 Å². The van der Waals surface area contributed by atoms with E-state index in [1.54, 1.807) is 4.68 Å². The minimum Gasteiger partial charge on any atom is -0.348 e. The van der Waals surface area contributed by atoms with E-state index < -0.39 is 0 Å². The Labute approximate surface area is 151 Å². The number of tetrazole rings is 1. The Morgan fingerprint density at radius 3 is 2.73 bits per heavy atom. The van der Waals surface area contributed by atoms with Gasteiger partial charge in [0, 0.05) is 19.0 Å². The van der Waals surface area contributed by atoms with Gasteiger partial charge >= 0.3 is 0 Å². The van der Waals surface area contributed by atoms with Gasteiger partial charge in [-0.15, -0.1) is 5.10 Å². The lowest BCUT2D eigenvalue weighted by Crippen LogP contribution is -2.37. The molecule has 4 rings (SSSR count). The number of rotatable bonds is 5. The molecule has 1 saturated carbocycles. The van der Waals surface area contributed by atoms with Crippen molar-refractivity contribution in [2.75, 3.05) is 6.54 Å². The van der Waals surface area contributed by atoms with Gasteiger partial charge < -0.3 is 10.2 Å². The number of aromatic nitrogens is 4. The third kappa shape index (κ3) is 3.31. The van der Waals surface area contributed by atoms with Crippen LogP contribution < -0.4 is 5.32 Å². The Hall–Kier alpha value is -2.77. The maximum Gasteiger partial charge on any atom is 0.225 e. The van der Waals surface area contributed by atoms with Crippen LogP contribution in [0.15, 0.2) is 30.3 Å². The summed E-state index contributed by atoms with van der Waals surface area (Å²) in [7, 11) is 0. The van der Waals surface area contributed by atoms with Gasteiger partial charge in [-0.1, -0.05) is 31.0 Å². The molecule has 1 saturated heterocycles. The molecule has 2 amide bonds. The minimum atomic E-state index is -0.288. The zero-order valence-corrected chi connectivity index (χ0v) is 14.5. The summed E-state index contributed by atoms with van der Waals surface area (Å²) in [6, 6.07) is 9.85. The molecule has 1 unspecified atom stereocenters. The van der Waals surface area contributed by atoms with Crippen LogP contribution in [-0.2, 0) is 16.1 Å². The maximum absolute atomic E-state index is 12.5. The monoisotopic (exact) mass is 354 g/mol. The number of amides is 2. The second kappa shape index (κ2) is 7.23. The van der Waals surface area contributed by atoms with Crippen LogP contribution in [0.4, 0.5) is 0 Å². The van der Waals surface area contributed by atoms with Gasteiger partial charge in [-0.2, -0.15) is 4.68 Å². The summed E-state index contributed by atoms with van der Waals surface area (Å²) in [6.07, 6.45) is 4.77. The smallest absolute Gasteiger partial charge is 0.225 e. The largest absolute Gasteiger partial charge is 0.348 e. The number of para-hydroxylation sites is 1. The van der Waals surface area contributed by atoms with Crippen LogP contribution in [0.25, 0.3) is 5.69 Å². The first-order valence-electron chi connectivity index (χ1n) is 9.12. The molecule has 2 heterocycles. The quantitative estimate of drug-likeness (QED) is 0.867. The van der Waals surface area contributed by atoms with Crippen molar-refractivity contribution in [2.45, 2.75) is 44.7 Å².